The van der Waals surface area contributed by atoms with Crippen LogP contribution in [0.15, 0.2) is 51.4 Å². The lowest BCUT2D eigenvalue weighted by molar-refractivity contribution is 0.421. The van der Waals surface area contributed by atoms with Gasteiger partial charge in [-0.3, -0.25) is 9.98 Å². The van der Waals surface area contributed by atoms with Gasteiger partial charge in [-0.05, 0) is 30.5 Å². The summed E-state index contributed by atoms with van der Waals surface area (Å²) in [5.41, 5.74) is 0.682. The van der Waals surface area contributed by atoms with E-state index in [0.717, 1.165) is 12.5 Å². The molecule has 148 valence electrons. The number of hydrogen-bond donors (Lipinski definition) is 2. The maximum Gasteiger partial charge on any atom is 0.276 e. The maximum absolute atomic E-state index is 5.29. The van der Waals surface area contributed by atoms with Gasteiger partial charge in [-0.2, -0.15) is 4.98 Å². The normalized spacial score (nSPS) is 12.2. The minimum absolute atomic E-state index is 0.00176. The first kappa shape index (κ1) is 20.0. The van der Waals surface area contributed by atoms with Gasteiger partial charge in [0.05, 0.1) is 6.54 Å². The Morgan fingerprint density at radius 2 is 2.11 bits per heavy atom. The number of rotatable bonds is 8. The number of nitrogens with one attached hydrogen (secondary N) is 2. The molecule has 7 nitrogen and oxygen atoms in total. The summed E-state index contributed by atoms with van der Waals surface area (Å²) in [4.78, 5) is 14.7. The van der Waals surface area contributed by atoms with Crippen molar-refractivity contribution in [1.29, 1.82) is 0 Å². The first-order valence-corrected chi connectivity index (χ1v) is 10.3. The van der Waals surface area contributed by atoms with E-state index in [0.29, 0.717) is 36.9 Å². The molecular formula is C20H26N6OS. The van der Waals surface area contributed by atoms with E-state index in [4.69, 9.17) is 9.52 Å². The van der Waals surface area contributed by atoms with Crippen LogP contribution in [0.2, 0.25) is 0 Å². The Hall–Kier alpha value is -2.74. The van der Waals surface area contributed by atoms with Crippen LogP contribution in [0.3, 0.4) is 0 Å². The molecule has 3 aromatic rings. The molecule has 0 saturated carbocycles. The summed E-state index contributed by atoms with van der Waals surface area (Å²) in [5, 5.41) is 12.8. The summed E-state index contributed by atoms with van der Waals surface area (Å²) < 4.78 is 5.29. The summed E-state index contributed by atoms with van der Waals surface area (Å²) in [6.45, 7) is 8.65. The predicted octanol–water partition coefficient (Wildman–Crippen LogP) is 3.27. The van der Waals surface area contributed by atoms with Crippen molar-refractivity contribution in [2.75, 3.05) is 19.6 Å². The number of guanidine groups is 1. The zero-order valence-electron chi connectivity index (χ0n) is 16.5. The zero-order valence-corrected chi connectivity index (χ0v) is 17.3. The molecule has 0 aliphatic carbocycles. The van der Waals surface area contributed by atoms with Crippen LogP contribution < -0.4 is 10.6 Å². The molecule has 0 bridgehead atoms. The lowest BCUT2D eigenvalue weighted by Crippen LogP contribution is -2.39. The van der Waals surface area contributed by atoms with Gasteiger partial charge in [0.2, 0.25) is 0 Å². The third-order valence-electron chi connectivity index (χ3n) is 4.16. The van der Waals surface area contributed by atoms with E-state index < -0.39 is 0 Å². The Bertz CT molecular complexity index is 873. The van der Waals surface area contributed by atoms with Crippen LogP contribution in [0.4, 0.5) is 0 Å². The third kappa shape index (κ3) is 5.39. The van der Waals surface area contributed by atoms with E-state index in [1.165, 1.54) is 4.88 Å². The summed E-state index contributed by atoms with van der Waals surface area (Å²) >= 11 is 1.77. The first-order valence-electron chi connectivity index (χ1n) is 9.38. The van der Waals surface area contributed by atoms with Crippen LogP contribution in [-0.4, -0.2) is 40.7 Å². The Kier molecular flexibility index (Phi) is 6.76. The molecule has 0 unspecified atom stereocenters. The molecule has 0 radical (unpaired) electrons. The van der Waals surface area contributed by atoms with Crippen LogP contribution in [0.5, 0.6) is 0 Å². The number of pyridine rings is 1. The third-order valence-corrected chi connectivity index (χ3v) is 5.39. The van der Waals surface area contributed by atoms with Gasteiger partial charge in [0.25, 0.3) is 5.89 Å². The fourth-order valence-electron chi connectivity index (χ4n) is 2.60. The number of aliphatic imine (C=N–C) groups is 1. The Labute approximate surface area is 169 Å². The summed E-state index contributed by atoms with van der Waals surface area (Å²) in [6.07, 6.45) is 2.34. The Balaban J connectivity index is 1.54. The molecule has 0 spiro atoms. The van der Waals surface area contributed by atoms with E-state index in [-0.39, 0.29) is 5.41 Å². The molecule has 0 amide bonds. The molecule has 0 aliphatic heterocycles. The van der Waals surface area contributed by atoms with Crippen molar-refractivity contribution in [3.63, 3.8) is 0 Å². The lowest BCUT2D eigenvalue weighted by atomic mass is 9.92. The van der Waals surface area contributed by atoms with Crippen molar-refractivity contribution < 1.29 is 4.52 Å². The Morgan fingerprint density at radius 3 is 2.82 bits per heavy atom. The summed E-state index contributed by atoms with van der Waals surface area (Å²) in [6, 6.07) is 9.84. The second kappa shape index (κ2) is 9.45. The molecule has 0 aliphatic rings. The van der Waals surface area contributed by atoms with Gasteiger partial charge in [0.1, 0.15) is 5.69 Å². The minimum Gasteiger partial charge on any atom is -0.357 e. The number of aromatic nitrogens is 3. The van der Waals surface area contributed by atoms with E-state index in [1.807, 2.05) is 18.2 Å². The van der Waals surface area contributed by atoms with Gasteiger partial charge < -0.3 is 15.2 Å². The molecule has 0 atom stereocenters. The average Bonchev–Trinajstić information content (AvgIpc) is 3.39. The molecule has 8 heteroatoms. The first-order chi connectivity index (χ1) is 13.6. The minimum atomic E-state index is 0.00176. The van der Waals surface area contributed by atoms with Gasteiger partial charge in [-0.1, -0.05) is 31.1 Å². The van der Waals surface area contributed by atoms with Crippen LogP contribution >= 0.6 is 11.3 Å². The van der Waals surface area contributed by atoms with E-state index >= 15 is 0 Å². The van der Waals surface area contributed by atoms with Gasteiger partial charge >= 0.3 is 0 Å². The van der Waals surface area contributed by atoms with Crippen LogP contribution in [0.25, 0.3) is 11.6 Å². The lowest BCUT2D eigenvalue weighted by Gasteiger charge is -2.21. The fourth-order valence-corrected chi connectivity index (χ4v) is 3.45. The van der Waals surface area contributed by atoms with Crippen molar-refractivity contribution in [2.24, 2.45) is 4.99 Å². The van der Waals surface area contributed by atoms with Crippen molar-refractivity contribution in [2.45, 2.75) is 32.6 Å². The fraction of sp³-hybridized carbons (Fsp3) is 0.400. The van der Waals surface area contributed by atoms with E-state index in [9.17, 15) is 0 Å². The van der Waals surface area contributed by atoms with Gasteiger partial charge in [-0.15, -0.1) is 11.3 Å². The predicted molar refractivity (Wildman–Crippen MR) is 113 cm³/mol. The highest BCUT2D eigenvalue weighted by molar-refractivity contribution is 7.10. The maximum atomic E-state index is 5.29. The molecule has 0 fully saturated rings. The van der Waals surface area contributed by atoms with Crippen LogP contribution in [0.1, 0.15) is 31.5 Å². The van der Waals surface area contributed by atoms with Gasteiger partial charge in [0.15, 0.2) is 11.8 Å². The molecule has 3 heterocycles. The van der Waals surface area contributed by atoms with Crippen molar-refractivity contribution in [3.05, 3.63) is 52.6 Å². The molecule has 28 heavy (non-hydrogen) atoms. The van der Waals surface area contributed by atoms with Crippen LogP contribution in [-0.2, 0) is 11.8 Å². The van der Waals surface area contributed by atoms with Crippen molar-refractivity contribution in [3.8, 4) is 11.6 Å². The Morgan fingerprint density at radius 1 is 1.21 bits per heavy atom. The van der Waals surface area contributed by atoms with E-state index in [2.05, 4.69) is 64.0 Å². The van der Waals surface area contributed by atoms with Gasteiger partial charge in [0, 0.05) is 36.0 Å². The number of nitrogens with zero attached hydrogens (tertiary/aromatic N) is 4. The molecule has 2 N–H and O–H groups in total. The standard InChI is InChI=1S/C20H26N6OS/c1-4-21-19(24-14-20(2,3)16-9-7-13-28-16)23-12-10-17-25-18(27-26-17)15-8-5-6-11-22-15/h5-9,11,13H,4,10,12,14H2,1-3H3,(H2,21,23,24). The second-order valence-corrected chi connectivity index (χ2v) is 7.91. The smallest absolute Gasteiger partial charge is 0.276 e. The average molecular weight is 399 g/mol. The highest BCUT2D eigenvalue weighted by Gasteiger charge is 2.21. The molecule has 0 saturated heterocycles. The van der Waals surface area contributed by atoms with E-state index in [1.54, 1.807) is 17.5 Å². The molecule has 0 aromatic carbocycles. The highest BCUT2D eigenvalue weighted by Crippen LogP contribution is 2.27. The van der Waals surface area contributed by atoms with Crippen LogP contribution in [0, 0.1) is 0 Å². The summed E-state index contributed by atoms with van der Waals surface area (Å²) in [7, 11) is 0. The van der Waals surface area contributed by atoms with Crippen molar-refractivity contribution >= 4 is 17.3 Å². The molecule has 3 rings (SSSR count). The second-order valence-electron chi connectivity index (χ2n) is 6.96. The number of thiophene rings is 1. The zero-order chi connectivity index (χ0) is 19.8. The van der Waals surface area contributed by atoms with Crippen molar-refractivity contribution in [1.82, 2.24) is 25.8 Å². The SMILES string of the molecule is CCNC(=NCC(C)(C)c1cccs1)NCCc1noc(-c2ccccn2)n1. The molecular weight excluding hydrogens is 372 g/mol. The monoisotopic (exact) mass is 398 g/mol. The van der Waals surface area contributed by atoms with Gasteiger partial charge in [-0.25, -0.2) is 0 Å². The number of hydrogen-bond acceptors (Lipinski definition) is 6. The quantitative estimate of drug-likeness (QED) is 0.447. The molecule has 3 aromatic heterocycles. The summed E-state index contributed by atoms with van der Waals surface area (Å²) in [5.74, 6) is 1.87. The highest BCUT2D eigenvalue weighted by atomic mass is 32.1. The largest absolute Gasteiger partial charge is 0.357 e. The topological polar surface area (TPSA) is 88.2 Å².